The van der Waals surface area contributed by atoms with E-state index in [1.807, 2.05) is 0 Å². The van der Waals surface area contributed by atoms with Gasteiger partial charge in [0, 0.05) is 16.5 Å². The van der Waals surface area contributed by atoms with Crippen molar-refractivity contribution in [3.8, 4) is 0 Å². The average molecular weight is 912 g/mol. The van der Waals surface area contributed by atoms with Gasteiger partial charge in [-0.1, -0.05) is 270 Å². The number of benzene rings is 2. The maximum Gasteiger partial charge on any atom is 0.0636 e. The Balaban J connectivity index is 0.0000198. The summed E-state index contributed by atoms with van der Waals surface area (Å²) in [4.78, 5) is 10.7. The SMILES string of the molecule is CCCCCCCCCCCCCCCCCCCc1cccc(N=C(CCCC)C(CCCC)=Nc2cccc(CCCCCCCCCCCCCCCCCCC)c2)c1.[Ni]. The van der Waals surface area contributed by atoms with Gasteiger partial charge in [-0.2, -0.15) is 0 Å². The third-order valence-electron chi connectivity index (χ3n) is 13.4. The van der Waals surface area contributed by atoms with Gasteiger partial charge in [0.2, 0.25) is 0 Å². The molecule has 2 aromatic carbocycles. The first-order valence-corrected chi connectivity index (χ1v) is 28.0. The van der Waals surface area contributed by atoms with Crippen molar-refractivity contribution in [2.45, 2.75) is 297 Å². The minimum Gasteiger partial charge on any atom is -0.252 e. The van der Waals surface area contributed by atoms with E-state index >= 15 is 0 Å². The van der Waals surface area contributed by atoms with Gasteiger partial charge in [0.25, 0.3) is 0 Å². The first kappa shape index (κ1) is 59.3. The molecule has 0 atom stereocenters. The Morgan fingerprint density at radius 2 is 0.540 bits per heavy atom. The van der Waals surface area contributed by atoms with E-state index in [1.165, 1.54) is 254 Å². The molecule has 0 bridgehead atoms. The van der Waals surface area contributed by atoms with Crippen molar-refractivity contribution < 1.29 is 16.5 Å². The summed E-state index contributed by atoms with van der Waals surface area (Å²) in [7, 11) is 0. The summed E-state index contributed by atoms with van der Waals surface area (Å²) >= 11 is 0. The van der Waals surface area contributed by atoms with Crippen LogP contribution in [0.3, 0.4) is 0 Å². The largest absolute Gasteiger partial charge is 0.252 e. The number of rotatable bonds is 45. The fourth-order valence-corrected chi connectivity index (χ4v) is 9.20. The van der Waals surface area contributed by atoms with E-state index in [0.29, 0.717) is 0 Å². The molecule has 0 aliphatic heterocycles. The van der Waals surface area contributed by atoms with Gasteiger partial charge in [-0.3, -0.25) is 9.98 Å². The monoisotopic (exact) mass is 911 g/mol. The van der Waals surface area contributed by atoms with Crippen LogP contribution in [0, 0.1) is 0 Å². The Bertz CT molecular complexity index is 1230. The molecule has 0 saturated carbocycles. The van der Waals surface area contributed by atoms with Crippen LogP contribution in [0.15, 0.2) is 58.5 Å². The Morgan fingerprint density at radius 1 is 0.302 bits per heavy atom. The van der Waals surface area contributed by atoms with Gasteiger partial charge in [-0.05, 0) is 86.8 Å². The molecule has 2 aromatic rings. The molecule has 2 nitrogen and oxygen atoms in total. The smallest absolute Gasteiger partial charge is 0.0636 e. The molecule has 0 aliphatic carbocycles. The summed E-state index contributed by atoms with van der Waals surface area (Å²) < 4.78 is 0. The van der Waals surface area contributed by atoms with Crippen molar-refractivity contribution in [1.29, 1.82) is 0 Å². The van der Waals surface area contributed by atoms with Crippen LogP contribution in [-0.2, 0) is 29.3 Å². The summed E-state index contributed by atoms with van der Waals surface area (Å²) in [5.74, 6) is 0. The van der Waals surface area contributed by atoms with E-state index in [2.05, 4.69) is 76.2 Å². The van der Waals surface area contributed by atoms with Gasteiger partial charge in [-0.15, -0.1) is 0 Å². The topological polar surface area (TPSA) is 24.7 Å². The first-order chi connectivity index (χ1) is 30.7. The summed E-state index contributed by atoms with van der Waals surface area (Å²) in [5, 5.41) is 0. The molecule has 0 aromatic heterocycles. The van der Waals surface area contributed by atoms with Crippen LogP contribution in [-0.4, -0.2) is 11.4 Å². The Labute approximate surface area is 404 Å². The van der Waals surface area contributed by atoms with E-state index in [9.17, 15) is 0 Å². The minimum atomic E-state index is 0. The molecule has 0 fully saturated rings. The number of unbranched alkanes of at least 4 members (excludes halogenated alkanes) is 34. The van der Waals surface area contributed by atoms with Gasteiger partial charge < -0.3 is 0 Å². The van der Waals surface area contributed by atoms with E-state index in [4.69, 9.17) is 9.98 Å². The van der Waals surface area contributed by atoms with Crippen molar-refractivity contribution in [3.63, 3.8) is 0 Å². The van der Waals surface area contributed by atoms with Gasteiger partial charge in [0.05, 0.1) is 22.8 Å². The molecule has 3 heteroatoms. The van der Waals surface area contributed by atoms with Crippen LogP contribution in [0.25, 0.3) is 0 Å². The van der Waals surface area contributed by atoms with Crippen molar-refractivity contribution in [2.75, 3.05) is 0 Å². The van der Waals surface area contributed by atoms with Crippen LogP contribution < -0.4 is 0 Å². The molecule has 0 aliphatic rings. The van der Waals surface area contributed by atoms with Crippen LogP contribution in [0.1, 0.15) is 296 Å². The van der Waals surface area contributed by atoms with Crippen molar-refractivity contribution in [2.24, 2.45) is 9.98 Å². The quantitative estimate of drug-likeness (QED) is 0.0359. The second-order valence-electron chi connectivity index (χ2n) is 19.5. The maximum atomic E-state index is 5.37. The molecule has 0 unspecified atom stereocenters. The third kappa shape index (κ3) is 35.2. The Morgan fingerprint density at radius 3 is 0.794 bits per heavy atom. The number of aryl methyl sites for hydroxylation is 2. The van der Waals surface area contributed by atoms with Gasteiger partial charge in [0.15, 0.2) is 0 Å². The van der Waals surface area contributed by atoms with Crippen molar-refractivity contribution in [1.82, 2.24) is 0 Å². The van der Waals surface area contributed by atoms with E-state index < -0.39 is 0 Å². The fraction of sp³-hybridized carbons (Fsp3) is 0.767. The van der Waals surface area contributed by atoms with E-state index in [-0.39, 0.29) is 16.5 Å². The molecule has 2 rings (SSSR count). The molecule has 364 valence electrons. The standard InChI is InChI=1S/C60H104N2.Ni/c1-5-9-13-15-17-19-21-23-25-27-29-31-33-35-37-39-41-45-55-47-43-49-57(53-55)61-59(51-11-7-3)60(52-12-8-4)62-58-50-44-48-56(54-58)46-42-40-38-36-34-32-30-28-26-24-22-20-18-16-14-10-6-2;/h43-44,47-50,53-54H,5-42,45-46,51-52H2,1-4H3;. The fourth-order valence-electron chi connectivity index (χ4n) is 9.20. The normalized spacial score (nSPS) is 12.0. The third-order valence-corrected chi connectivity index (χ3v) is 13.4. The Hall–Kier alpha value is -1.73. The van der Waals surface area contributed by atoms with Crippen molar-refractivity contribution in [3.05, 3.63) is 59.7 Å². The second-order valence-corrected chi connectivity index (χ2v) is 19.5. The number of nitrogens with zero attached hydrogens (tertiary/aromatic N) is 2. The molecule has 63 heavy (non-hydrogen) atoms. The number of hydrogen-bond donors (Lipinski definition) is 0. The molecule has 0 saturated heterocycles. The van der Waals surface area contributed by atoms with Crippen molar-refractivity contribution >= 4 is 22.8 Å². The molecular formula is C60H104N2Ni. The molecule has 0 amide bonds. The zero-order valence-corrected chi connectivity index (χ0v) is 43.5. The maximum absolute atomic E-state index is 5.37. The molecule has 0 spiro atoms. The van der Waals surface area contributed by atoms with Gasteiger partial charge in [-0.25, -0.2) is 0 Å². The first-order valence-electron chi connectivity index (χ1n) is 28.0. The summed E-state index contributed by atoms with van der Waals surface area (Å²) in [6.07, 6.45) is 57.4. The molecular weight excluding hydrogens is 807 g/mol. The van der Waals surface area contributed by atoms with Crippen LogP contribution in [0.2, 0.25) is 0 Å². The Kier molecular flexibility index (Phi) is 42.8. The predicted molar refractivity (Wildman–Crippen MR) is 282 cm³/mol. The average Bonchev–Trinajstić information content (AvgIpc) is 3.29. The number of hydrogen-bond acceptors (Lipinski definition) is 2. The summed E-state index contributed by atoms with van der Waals surface area (Å²) in [5.41, 5.74) is 7.49. The van der Waals surface area contributed by atoms with Crippen LogP contribution in [0.5, 0.6) is 0 Å². The van der Waals surface area contributed by atoms with Crippen LogP contribution >= 0.6 is 0 Å². The molecule has 0 heterocycles. The zero-order valence-electron chi connectivity index (χ0n) is 42.5. The van der Waals surface area contributed by atoms with Gasteiger partial charge in [0.1, 0.15) is 0 Å². The zero-order chi connectivity index (χ0) is 44.2. The summed E-state index contributed by atoms with van der Waals surface area (Å²) in [6.45, 7) is 9.20. The van der Waals surface area contributed by atoms with Gasteiger partial charge >= 0.3 is 0 Å². The summed E-state index contributed by atoms with van der Waals surface area (Å²) in [6, 6.07) is 18.2. The van der Waals surface area contributed by atoms with Crippen LogP contribution in [0.4, 0.5) is 11.4 Å². The molecule has 0 radical (unpaired) electrons. The predicted octanol–water partition coefficient (Wildman–Crippen LogP) is 21.3. The van der Waals surface area contributed by atoms with E-state index in [0.717, 1.165) is 49.9 Å². The van der Waals surface area contributed by atoms with E-state index in [1.54, 1.807) is 0 Å². The number of aliphatic imine (C=N–C) groups is 2. The second kappa shape index (κ2) is 45.4. The minimum absolute atomic E-state index is 0. The molecule has 0 N–H and O–H groups in total.